The molecule has 24 heteroatoms. The Morgan fingerprint density at radius 1 is 0.757 bits per heavy atom. The van der Waals surface area contributed by atoms with E-state index in [0.717, 1.165) is 30.6 Å². The molecule has 2 aromatic carbocycles. The van der Waals surface area contributed by atoms with Crippen molar-refractivity contribution in [1.29, 1.82) is 0 Å². The molecule has 0 aliphatic carbocycles. The molecule has 1 fully saturated rings. The number of ether oxygens (including phenoxy) is 2. The van der Waals surface area contributed by atoms with E-state index in [1.807, 2.05) is 42.7 Å². The van der Waals surface area contributed by atoms with Crippen molar-refractivity contribution in [2.75, 3.05) is 51.2 Å². The van der Waals surface area contributed by atoms with E-state index in [-0.39, 0.29) is 131 Å². The van der Waals surface area contributed by atoms with E-state index in [2.05, 4.69) is 4.90 Å². The average Bonchev–Trinajstić information content (AvgIpc) is 3.78. The third-order valence-electron chi connectivity index (χ3n) is 12.3. The minimum atomic E-state index is -4.76. The van der Waals surface area contributed by atoms with Gasteiger partial charge in [-0.05, 0) is 87.9 Å². The number of methoxy groups -OCH3 is 2. The quantitative estimate of drug-likeness (QED) is 0.0249. The maximum Gasteiger partial charge on any atom is 1.00 e. The van der Waals surface area contributed by atoms with Crippen LogP contribution < -0.4 is 93.6 Å². The van der Waals surface area contributed by atoms with Gasteiger partial charge in [-0.3, -0.25) is 18.7 Å². The van der Waals surface area contributed by atoms with Gasteiger partial charge < -0.3 is 23.8 Å². The monoisotopic (exact) mass is 1060 g/mol. The summed E-state index contributed by atoms with van der Waals surface area (Å²) in [4.78, 5) is 42.2. The molecule has 0 spiro atoms. The van der Waals surface area contributed by atoms with Gasteiger partial charge in [-0.2, -0.15) is 21.4 Å². The molecule has 366 valence electrons. The summed E-state index contributed by atoms with van der Waals surface area (Å²) in [5, 5.41) is 0.543. The number of imide groups is 1. The van der Waals surface area contributed by atoms with Crippen molar-refractivity contribution in [3.05, 3.63) is 95.8 Å². The normalized spacial score (nSPS) is 19.8. The van der Waals surface area contributed by atoms with Crippen molar-refractivity contribution in [1.82, 2.24) is 5.06 Å². The number of nitrogens with zero attached hydrogens (tertiary/aromatic N) is 3. The molecule has 0 saturated carbocycles. The molecule has 3 aliphatic rings. The maximum absolute atomic E-state index is 12.2. The number of allylic oxidation sites excluding steroid dienone is 8. The minimum Gasteiger partial charge on any atom is -0.744 e. The van der Waals surface area contributed by atoms with Crippen molar-refractivity contribution < 1.29 is 161 Å². The van der Waals surface area contributed by atoms with Crippen molar-refractivity contribution in [3.63, 3.8) is 0 Å². The number of hydrogen-bond acceptors (Lipinski definition) is 14. The van der Waals surface area contributed by atoms with Crippen LogP contribution in [0.3, 0.4) is 0 Å². The summed E-state index contributed by atoms with van der Waals surface area (Å²) in [6, 6.07) is 8.66. The van der Waals surface area contributed by atoms with Crippen LogP contribution in [0.15, 0.2) is 94.4 Å². The van der Waals surface area contributed by atoms with E-state index in [9.17, 15) is 53.3 Å². The third-order valence-corrected chi connectivity index (χ3v) is 14.8. The van der Waals surface area contributed by atoms with Gasteiger partial charge in [0.05, 0.1) is 21.0 Å². The van der Waals surface area contributed by atoms with Gasteiger partial charge in [0.1, 0.15) is 16.7 Å². The number of benzene rings is 2. The molecule has 70 heavy (non-hydrogen) atoms. The first-order chi connectivity index (χ1) is 31.5. The standard InChI is InChI=1S/C46H59N3O15S3.3Na/c1-45(25-15-31-65(53,54)55)36-32-34(66(56,57)58)20-22-39(36)48(28-30-63-4)40(45)16-11-7-5-8-12-17-41-46(2,26-29-62-3)37-33-35(67(59,60)61)19-21-38(37)47(41)27-14-10-6-9-13-18-44(52)64-49-42(50)23-24-43(49)51;;;/h5,7-8,11-12,16-17,19-22,32-33H,6,9-10,13-15,18,23-31H2,1-4H3,(H2-,53,54,55,56,57,58,59,60,61);;;/q;3*+1. The minimum absolute atomic E-state index is 0. The maximum atomic E-state index is 12.2. The molecule has 1 saturated heterocycles. The van der Waals surface area contributed by atoms with Gasteiger partial charge in [-0.1, -0.05) is 49.6 Å². The molecule has 3 aliphatic heterocycles. The molecule has 0 bridgehead atoms. The molecule has 18 nitrogen and oxygen atoms in total. The van der Waals surface area contributed by atoms with Gasteiger partial charge in [0.25, 0.3) is 32.1 Å². The van der Waals surface area contributed by atoms with Crippen LogP contribution >= 0.6 is 0 Å². The van der Waals surface area contributed by atoms with Gasteiger partial charge in [0.2, 0.25) is 5.69 Å². The topological polar surface area (TPSA) is 254 Å². The number of carbonyl (C=O) groups is 3. The van der Waals surface area contributed by atoms with Gasteiger partial charge in [0, 0.05) is 81.1 Å². The Labute approximate surface area is 478 Å². The summed E-state index contributed by atoms with van der Waals surface area (Å²) in [6.07, 6.45) is 17.1. The molecular weight excluding hydrogens is 1000 g/mol. The van der Waals surface area contributed by atoms with E-state index in [4.69, 9.17) is 14.3 Å². The third kappa shape index (κ3) is 16.6. The predicted molar refractivity (Wildman–Crippen MR) is 247 cm³/mol. The zero-order valence-corrected chi connectivity index (χ0v) is 49.5. The summed E-state index contributed by atoms with van der Waals surface area (Å²) in [7, 11) is -10.5. The molecule has 0 aromatic heterocycles. The summed E-state index contributed by atoms with van der Waals surface area (Å²) < 4.78 is 116. The number of fused-ring (bicyclic) bond motifs is 2. The number of anilines is 1. The SMILES string of the molecule is COCC[N+]1=C(/C=C/C=C/C=C/C=C2/N(CCCCCCCC(=O)ON3C(=O)CCC3=O)c3ccc(S(=O)(=O)[O-])cc3C2(C)CCOC)C(C)(CCCS(=O)(=O)O)c2cc(S(=O)(=O)O)ccc21.[Na+].[Na+].[Na+]. The van der Waals surface area contributed by atoms with Crippen LogP contribution in [0.1, 0.15) is 95.6 Å². The number of hydroxylamine groups is 2. The van der Waals surface area contributed by atoms with Gasteiger partial charge >= 0.3 is 94.6 Å². The van der Waals surface area contributed by atoms with Crippen molar-refractivity contribution in [3.8, 4) is 0 Å². The fraction of sp³-hybridized carbons (Fsp3) is 0.478. The first kappa shape index (κ1) is 64.2. The van der Waals surface area contributed by atoms with E-state index >= 15 is 0 Å². The zero-order valence-electron chi connectivity index (χ0n) is 41.1. The summed E-state index contributed by atoms with van der Waals surface area (Å²) >= 11 is 0. The van der Waals surface area contributed by atoms with Crippen LogP contribution in [0.4, 0.5) is 11.4 Å². The first-order valence-electron chi connectivity index (χ1n) is 21.9. The molecule has 2 N–H and O–H groups in total. The molecule has 3 heterocycles. The summed E-state index contributed by atoms with van der Waals surface area (Å²) in [5.41, 5.74) is 2.50. The van der Waals surface area contributed by atoms with Crippen LogP contribution in [0.2, 0.25) is 0 Å². The predicted octanol–water partition coefficient (Wildman–Crippen LogP) is -3.17. The van der Waals surface area contributed by atoms with Crippen LogP contribution in [0, 0.1) is 0 Å². The largest absolute Gasteiger partial charge is 1.00 e. The summed E-state index contributed by atoms with van der Waals surface area (Å²) in [5.74, 6) is -2.20. The first-order valence-corrected chi connectivity index (χ1v) is 26.4. The Morgan fingerprint density at radius 2 is 1.36 bits per heavy atom. The molecule has 2 atom stereocenters. The number of hydrogen-bond donors (Lipinski definition) is 2. The smallest absolute Gasteiger partial charge is 0.744 e. The number of rotatable bonds is 25. The van der Waals surface area contributed by atoms with E-state index in [0.29, 0.717) is 73.2 Å². The average molecular weight is 1060 g/mol. The second-order valence-corrected chi connectivity index (χ2v) is 21.4. The van der Waals surface area contributed by atoms with Crippen molar-refractivity contribution in [2.24, 2.45) is 0 Å². The Morgan fingerprint density at radius 3 is 1.99 bits per heavy atom. The van der Waals surface area contributed by atoms with Crippen molar-refractivity contribution >= 4 is 65.2 Å². The molecule has 5 rings (SSSR count). The number of amides is 2. The Bertz CT molecular complexity index is 2690. The van der Waals surface area contributed by atoms with Gasteiger partial charge in [-0.15, -0.1) is 5.06 Å². The van der Waals surface area contributed by atoms with E-state index < -0.39 is 64.7 Å². The Hall–Kier alpha value is -1.87. The van der Waals surface area contributed by atoms with Crippen LogP contribution in [0.5, 0.6) is 0 Å². The Balaban J connectivity index is 0.00000560. The van der Waals surface area contributed by atoms with Crippen LogP contribution in [-0.2, 0) is 69.9 Å². The van der Waals surface area contributed by atoms with Crippen LogP contribution in [0.25, 0.3) is 0 Å². The van der Waals surface area contributed by atoms with E-state index in [1.54, 1.807) is 44.6 Å². The second-order valence-electron chi connectivity index (χ2n) is 17.0. The van der Waals surface area contributed by atoms with E-state index in [1.165, 1.54) is 24.3 Å². The second kappa shape index (κ2) is 28.1. The number of carbonyl (C=O) groups excluding carboxylic acids is 3. The molecular formula is C46H59N3Na3O15S3+3. The van der Waals surface area contributed by atoms with Crippen molar-refractivity contribution in [2.45, 2.75) is 105 Å². The molecule has 0 radical (unpaired) electrons. The van der Waals surface area contributed by atoms with Gasteiger partial charge in [-0.25, -0.2) is 13.2 Å². The molecule has 2 unspecified atom stereocenters. The Kier molecular flexibility index (Phi) is 25.8. The fourth-order valence-electron chi connectivity index (χ4n) is 8.84. The molecule has 2 amide bonds. The van der Waals surface area contributed by atoms with Crippen LogP contribution in [-0.4, -0.2) is 118 Å². The van der Waals surface area contributed by atoms with Gasteiger partial charge in [0.15, 0.2) is 12.3 Å². The fourth-order valence-corrected chi connectivity index (χ4v) is 10.4. The number of unbranched alkanes of at least 4 members (excludes halogenated alkanes) is 4. The zero-order chi connectivity index (χ0) is 49.2. The summed E-state index contributed by atoms with van der Waals surface area (Å²) in [6.45, 7) is 5.38. The molecule has 2 aromatic rings.